The number of likely N-dealkylation sites (tertiary alicyclic amines) is 1. The normalized spacial score (nSPS) is 15.7. The smallest absolute Gasteiger partial charge is 0.319 e. The number of anilines is 1. The van der Waals surface area contributed by atoms with Crippen LogP contribution in [0.15, 0.2) is 59.9 Å². The average Bonchev–Trinajstić information content (AvgIpc) is 3.76. The molecule has 240 valence electrons. The fourth-order valence-corrected chi connectivity index (χ4v) is 6.24. The molecule has 0 bridgehead atoms. The number of nitrogens with zero attached hydrogens (tertiary/aromatic N) is 4. The molecule has 1 aliphatic heterocycles. The Balaban J connectivity index is 1.03. The highest BCUT2D eigenvalue weighted by atomic mass is 32.1. The summed E-state index contributed by atoms with van der Waals surface area (Å²) >= 11 is 1.48. The van der Waals surface area contributed by atoms with Gasteiger partial charge in [-0.1, -0.05) is 6.07 Å². The molecule has 2 fully saturated rings. The molecule has 1 saturated carbocycles. The molecule has 3 amide bonds. The maximum Gasteiger partial charge on any atom is 0.319 e. The monoisotopic (exact) mass is 645 g/mol. The Morgan fingerprint density at radius 1 is 1.09 bits per heavy atom. The van der Waals surface area contributed by atoms with Crippen molar-refractivity contribution in [1.82, 2.24) is 25.5 Å². The third-order valence-corrected chi connectivity index (χ3v) is 8.96. The summed E-state index contributed by atoms with van der Waals surface area (Å²) in [5, 5.41) is 16.8. The third-order valence-electron chi connectivity index (χ3n) is 7.80. The minimum Gasteiger partial charge on any atom is -0.453 e. The molecule has 1 saturated heterocycles. The van der Waals surface area contributed by atoms with Crippen LogP contribution in [-0.4, -0.2) is 77.0 Å². The molecule has 1 aliphatic carbocycles. The van der Waals surface area contributed by atoms with Crippen LogP contribution < -0.4 is 20.7 Å². The molecule has 4 N–H and O–H groups in total. The van der Waals surface area contributed by atoms with Crippen molar-refractivity contribution in [2.75, 3.05) is 38.1 Å². The van der Waals surface area contributed by atoms with Crippen molar-refractivity contribution in [2.45, 2.75) is 38.3 Å². The first-order valence-corrected chi connectivity index (χ1v) is 16.2. The van der Waals surface area contributed by atoms with Crippen LogP contribution in [-0.2, 0) is 11.3 Å². The Morgan fingerprint density at radius 2 is 1.93 bits per heavy atom. The predicted molar refractivity (Wildman–Crippen MR) is 176 cm³/mol. The van der Waals surface area contributed by atoms with Crippen molar-refractivity contribution in [3.63, 3.8) is 0 Å². The number of halogens is 1. The van der Waals surface area contributed by atoms with Gasteiger partial charge in [-0.15, -0.1) is 11.3 Å². The number of hydrogen-bond acceptors (Lipinski definition) is 9. The highest BCUT2D eigenvalue weighted by Crippen LogP contribution is 2.39. The number of aliphatic hydroxyl groups excluding tert-OH is 1. The van der Waals surface area contributed by atoms with E-state index < -0.39 is 5.82 Å². The summed E-state index contributed by atoms with van der Waals surface area (Å²) in [5.41, 5.74) is 3.03. The number of aliphatic hydroxyl groups is 1. The Kier molecular flexibility index (Phi) is 10.1. The Bertz CT molecular complexity index is 1700. The number of hydrogen-bond donors (Lipinski definition) is 4. The van der Waals surface area contributed by atoms with E-state index in [4.69, 9.17) is 14.8 Å². The lowest BCUT2D eigenvalue weighted by atomic mass is 9.98. The van der Waals surface area contributed by atoms with Crippen LogP contribution >= 0.6 is 11.3 Å². The number of aromatic nitrogens is 2. The second-order valence-electron chi connectivity index (χ2n) is 11.5. The molecule has 0 radical (unpaired) electrons. The van der Waals surface area contributed by atoms with E-state index in [1.54, 1.807) is 18.3 Å². The minimum absolute atomic E-state index is 0.0519. The van der Waals surface area contributed by atoms with Gasteiger partial charge in [0.15, 0.2) is 11.6 Å². The molecule has 1 aromatic carbocycles. The number of nitrogens with one attached hydrogen (secondary N) is 3. The van der Waals surface area contributed by atoms with Crippen molar-refractivity contribution in [1.29, 1.82) is 0 Å². The largest absolute Gasteiger partial charge is 0.453 e. The van der Waals surface area contributed by atoms with Gasteiger partial charge < -0.3 is 25.8 Å². The van der Waals surface area contributed by atoms with E-state index in [1.807, 2.05) is 24.5 Å². The van der Waals surface area contributed by atoms with Gasteiger partial charge in [-0.05, 0) is 74.5 Å². The summed E-state index contributed by atoms with van der Waals surface area (Å²) in [7, 11) is 0. The van der Waals surface area contributed by atoms with E-state index in [0.29, 0.717) is 17.4 Å². The van der Waals surface area contributed by atoms with Gasteiger partial charge in [0.25, 0.3) is 0 Å². The minimum atomic E-state index is -0.583. The maximum absolute atomic E-state index is 14.9. The molecule has 0 unspecified atom stereocenters. The van der Waals surface area contributed by atoms with Crippen LogP contribution in [0.2, 0.25) is 0 Å². The van der Waals surface area contributed by atoms with E-state index in [-0.39, 0.29) is 43.4 Å². The fourth-order valence-electron chi connectivity index (χ4n) is 5.20. The van der Waals surface area contributed by atoms with Gasteiger partial charge in [-0.25, -0.2) is 9.18 Å². The van der Waals surface area contributed by atoms with Crippen LogP contribution in [0.4, 0.5) is 14.9 Å². The Morgan fingerprint density at radius 3 is 2.67 bits per heavy atom. The second-order valence-corrected chi connectivity index (χ2v) is 12.5. The number of urea groups is 1. The quantitative estimate of drug-likeness (QED) is 0.160. The van der Waals surface area contributed by atoms with E-state index in [0.717, 1.165) is 71.7 Å². The SMILES string of the molecule is O=C(CN=CC1CCN(Cc2ccc(-c3cc4nccc(Oc5ccc(NC(=O)NC6CC6)cc5F)c4s3)nc2)CC1)NCCO. The lowest BCUT2D eigenvalue weighted by Crippen LogP contribution is -2.34. The second kappa shape index (κ2) is 14.8. The van der Waals surface area contributed by atoms with Gasteiger partial charge in [0, 0.05) is 55.6 Å². The molecule has 46 heavy (non-hydrogen) atoms. The van der Waals surface area contributed by atoms with Crippen molar-refractivity contribution < 1.29 is 23.8 Å². The van der Waals surface area contributed by atoms with Gasteiger partial charge in [0.2, 0.25) is 5.91 Å². The first-order valence-electron chi connectivity index (χ1n) is 15.4. The molecule has 2 aliphatic rings. The number of carbonyl (C=O) groups excluding carboxylic acids is 2. The van der Waals surface area contributed by atoms with Crippen LogP contribution in [0.1, 0.15) is 31.2 Å². The zero-order valence-electron chi connectivity index (χ0n) is 25.2. The van der Waals surface area contributed by atoms with Crippen molar-refractivity contribution in [3.8, 4) is 22.1 Å². The number of amides is 3. The number of rotatable bonds is 12. The van der Waals surface area contributed by atoms with E-state index in [9.17, 15) is 14.0 Å². The van der Waals surface area contributed by atoms with Crippen molar-refractivity contribution in [3.05, 3.63) is 66.2 Å². The lowest BCUT2D eigenvalue weighted by Gasteiger charge is -2.30. The topological polar surface area (TPSA) is 141 Å². The summed E-state index contributed by atoms with van der Waals surface area (Å²) in [6.45, 7) is 2.95. The zero-order chi connectivity index (χ0) is 31.9. The standard InChI is InChI=1S/C33H36FN7O4S/c34-25-15-24(40-33(44)39-23-2-3-23)4-6-28(25)45-29-7-10-36-27-16-30(46-32(27)29)26-5-1-22(18-38-26)20-41-12-8-21(9-13-41)17-35-19-31(43)37-11-14-42/h1,4-7,10,15-18,21,23,42H,2-3,8-9,11-14,19-20H2,(H,37,43)(H2,39,40,44). The molecule has 4 heterocycles. The first kappa shape index (κ1) is 31.5. The van der Waals surface area contributed by atoms with Crippen LogP contribution in [0.5, 0.6) is 11.5 Å². The number of fused-ring (bicyclic) bond motifs is 1. The molecule has 0 atom stereocenters. The zero-order valence-corrected chi connectivity index (χ0v) is 26.1. The number of pyridine rings is 2. The molecular weight excluding hydrogens is 609 g/mol. The molecule has 4 aromatic rings. The summed E-state index contributed by atoms with van der Waals surface area (Å²) in [4.78, 5) is 40.4. The van der Waals surface area contributed by atoms with Gasteiger partial charge in [-0.2, -0.15) is 0 Å². The van der Waals surface area contributed by atoms with Crippen molar-refractivity contribution in [2.24, 2.45) is 10.9 Å². The van der Waals surface area contributed by atoms with Gasteiger partial charge in [0.05, 0.1) is 27.4 Å². The number of benzene rings is 1. The van der Waals surface area contributed by atoms with Crippen LogP contribution in [0, 0.1) is 11.7 Å². The summed E-state index contributed by atoms with van der Waals surface area (Å²) in [6, 6.07) is 12.0. The number of aliphatic imine (C=N–C) groups is 1. The highest BCUT2D eigenvalue weighted by Gasteiger charge is 2.23. The highest BCUT2D eigenvalue weighted by molar-refractivity contribution is 7.22. The first-order chi connectivity index (χ1) is 22.4. The van der Waals surface area contributed by atoms with Crippen molar-refractivity contribution >= 4 is 45.4 Å². The summed E-state index contributed by atoms with van der Waals surface area (Å²) in [5.74, 6) is 0.134. The van der Waals surface area contributed by atoms with E-state index in [2.05, 4.69) is 36.9 Å². The number of ether oxygens (including phenoxy) is 1. The Labute approximate surface area is 269 Å². The van der Waals surface area contributed by atoms with E-state index in [1.165, 1.54) is 23.5 Å². The molecular formula is C33H36FN7O4S. The summed E-state index contributed by atoms with van der Waals surface area (Å²) < 4.78 is 21.7. The van der Waals surface area contributed by atoms with E-state index >= 15 is 0 Å². The molecule has 3 aromatic heterocycles. The van der Waals surface area contributed by atoms with Gasteiger partial charge >= 0.3 is 6.03 Å². The van der Waals surface area contributed by atoms with Crippen LogP contribution in [0.3, 0.4) is 0 Å². The number of carbonyl (C=O) groups is 2. The molecule has 13 heteroatoms. The van der Waals surface area contributed by atoms with Gasteiger partial charge in [0.1, 0.15) is 12.3 Å². The number of thiophene rings is 1. The van der Waals surface area contributed by atoms with Gasteiger partial charge in [-0.3, -0.25) is 24.7 Å². The number of piperidine rings is 1. The molecule has 11 nitrogen and oxygen atoms in total. The van der Waals surface area contributed by atoms with Crippen LogP contribution in [0.25, 0.3) is 20.8 Å². The fraction of sp³-hybridized carbons (Fsp3) is 0.364. The maximum atomic E-state index is 14.9. The average molecular weight is 646 g/mol. The Hall–Kier alpha value is -4.46. The lowest BCUT2D eigenvalue weighted by molar-refractivity contribution is -0.119. The summed E-state index contributed by atoms with van der Waals surface area (Å²) in [6.07, 6.45) is 9.33. The molecule has 0 spiro atoms. The third kappa shape index (κ3) is 8.42. The predicted octanol–water partition coefficient (Wildman–Crippen LogP) is 4.96. The molecule has 6 rings (SSSR count).